The van der Waals surface area contributed by atoms with Gasteiger partial charge >= 0.3 is 0 Å². The summed E-state index contributed by atoms with van der Waals surface area (Å²) in [6, 6.07) is 0.168. The smallest absolute Gasteiger partial charge is 0.279 e. The minimum absolute atomic E-state index is 0.168. The maximum absolute atomic E-state index is 11.7. The lowest BCUT2D eigenvalue weighted by Crippen LogP contribution is -2.72. The fourth-order valence-corrected chi connectivity index (χ4v) is 3.26. The van der Waals surface area contributed by atoms with Crippen LogP contribution in [0.3, 0.4) is 0 Å². The Hall–Kier alpha value is -0.170. The molecule has 15 heavy (non-hydrogen) atoms. The van der Waals surface area contributed by atoms with Gasteiger partial charge in [0.15, 0.2) is 0 Å². The van der Waals surface area contributed by atoms with E-state index in [-0.39, 0.29) is 11.6 Å². The van der Waals surface area contributed by atoms with Gasteiger partial charge in [0.05, 0.1) is 0 Å². The molecule has 0 aromatic rings. The first-order valence-corrected chi connectivity index (χ1v) is 6.84. The third-order valence-electron chi connectivity index (χ3n) is 3.32. The Balaban J connectivity index is 1.92. The fourth-order valence-electron chi connectivity index (χ4n) is 1.63. The molecule has 1 saturated carbocycles. The first-order valence-electron chi connectivity index (χ1n) is 5.40. The summed E-state index contributed by atoms with van der Waals surface area (Å²) in [6.45, 7) is 4.93. The molecule has 88 valence electrons. The molecular weight excluding hydrogens is 214 g/mol. The van der Waals surface area contributed by atoms with Gasteiger partial charge in [0.1, 0.15) is 0 Å². The summed E-state index contributed by atoms with van der Waals surface area (Å²) in [6.07, 6.45) is 1.93. The Kier molecular flexibility index (Phi) is 2.57. The second-order valence-electron chi connectivity index (χ2n) is 5.05. The normalized spacial score (nSPS) is 26.7. The van der Waals surface area contributed by atoms with Gasteiger partial charge in [0, 0.05) is 24.7 Å². The van der Waals surface area contributed by atoms with Crippen molar-refractivity contribution in [2.75, 3.05) is 13.1 Å². The highest BCUT2D eigenvalue weighted by molar-refractivity contribution is 7.87. The van der Waals surface area contributed by atoms with Crippen LogP contribution in [0.5, 0.6) is 0 Å². The molecule has 6 heteroatoms. The van der Waals surface area contributed by atoms with E-state index in [2.05, 4.69) is 4.72 Å². The largest absolute Gasteiger partial charge is 0.323 e. The predicted molar refractivity (Wildman–Crippen MR) is 58.4 cm³/mol. The second-order valence-corrected chi connectivity index (χ2v) is 6.76. The highest BCUT2D eigenvalue weighted by atomic mass is 32.2. The van der Waals surface area contributed by atoms with E-state index < -0.39 is 10.2 Å². The molecule has 0 bridgehead atoms. The Morgan fingerprint density at radius 1 is 1.40 bits per heavy atom. The van der Waals surface area contributed by atoms with Gasteiger partial charge in [-0.2, -0.15) is 17.4 Å². The lowest BCUT2D eigenvalue weighted by molar-refractivity contribution is 0.109. The van der Waals surface area contributed by atoms with Crippen LogP contribution in [0.1, 0.15) is 26.7 Å². The van der Waals surface area contributed by atoms with Crippen molar-refractivity contribution in [2.24, 2.45) is 11.7 Å². The lowest BCUT2D eigenvalue weighted by atomic mass is 9.82. The van der Waals surface area contributed by atoms with Gasteiger partial charge in [0.25, 0.3) is 10.2 Å². The van der Waals surface area contributed by atoms with Crippen molar-refractivity contribution in [3.8, 4) is 0 Å². The molecule has 0 aromatic heterocycles. The lowest BCUT2D eigenvalue weighted by Gasteiger charge is -2.49. The Morgan fingerprint density at radius 3 is 2.33 bits per heavy atom. The average molecular weight is 233 g/mol. The SMILES string of the molecule is CC(C)C1(N)CN(S(=O)(=O)NC2CC2)C1. The standard InChI is InChI=1S/C9H19N3O2S/c1-7(2)9(10)5-12(6-9)15(13,14)11-8-3-4-8/h7-8,11H,3-6,10H2,1-2H3. The van der Waals surface area contributed by atoms with Gasteiger partial charge in [-0.15, -0.1) is 0 Å². The van der Waals surface area contributed by atoms with Gasteiger partial charge in [-0.25, -0.2) is 0 Å². The minimum Gasteiger partial charge on any atom is -0.323 e. The third kappa shape index (κ3) is 2.18. The molecule has 1 aliphatic heterocycles. The van der Waals surface area contributed by atoms with Crippen LogP contribution in [-0.2, 0) is 10.2 Å². The molecule has 0 spiro atoms. The van der Waals surface area contributed by atoms with E-state index in [1.807, 2.05) is 13.8 Å². The Bertz CT molecular complexity index is 342. The first-order chi connectivity index (χ1) is 6.83. The number of nitrogens with one attached hydrogen (secondary N) is 1. The Labute approximate surface area is 91.2 Å². The van der Waals surface area contributed by atoms with Crippen molar-refractivity contribution in [1.29, 1.82) is 0 Å². The number of nitrogens with two attached hydrogens (primary N) is 1. The molecular formula is C9H19N3O2S. The van der Waals surface area contributed by atoms with Gasteiger partial charge in [-0.05, 0) is 18.8 Å². The summed E-state index contributed by atoms with van der Waals surface area (Å²) in [5.41, 5.74) is 5.71. The molecule has 0 atom stereocenters. The van der Waals surface area contributed by atoms with Crippen molar-refractivity contribution in [3.05, 3.63) is 0 Å². The van der Waals surface area contributed by atoms with E-state index in [0.29, 0.717) is 19.0 Å². The van der Waals surface area contributed by atoms with Gasteiger partial charge in [-0.1, -0.05) is 13.8 Å². The predicted octanol–water partition coefficient (Wildman–Crippen LogP) is -0.348. The molecule has 2 fully saturated rings. The molecule has 5 nitrogen and oxygen atoms in total. The summed E-state index contributed by atoms with van der Waals surface area (Å²) in [5, 5.41) is 0. The zero-order valence-corrected chi connectivity index (χ0v) is 10.0. The number of hydrogen-bond acceptors (Lipinski definition) is 3. The maximum Gasteiger partial charge on any atom is 0.279 e. The molecule has 2 aliphatic rings. The quantitative estimate of drug-likeness (QED) is 0.697. The topological polar surface area (TPSA) is 75.4 Å². The molecule has 0 unspecified atom stereocenters. The highest BCUT2D eigenvalue weighted by Crippen LogP contribution is 2.29. The fraction of sp³-hybridized carbons (Fsp3) is 1.00. The number of hydrogen-bond donors (Lipinski definition) is 2. The number of rotatable bonds is 4. The van der Waals surface area contributed by atoms with E-state index in [1.165, 1.54) is 4.31 Å². The molecule has 3 N–H and O–H groups in total. The van der Waals surface area contributed by atoms with Crippen LogP contribution in [0, 0.1) is 5.92 Å². The monoisotopic (exact) mass is 233 g/mol. The van der Waals surface area contributed by atoms with E-state index in [9.17, 15) is 8.42 Å². The van der Waals surface area contributed by atoms with E-state index in [0.717, 1.165) is 12.8 Å². The van der Waals surface area contributed by atoms with Gasteiger partial charge < -0.3 is 5.73 Å². The van der Waals surface area contributed by atoms with Gasteiger partial charge in [-0.3, -0.25) is 0 Å². The second kappa shape index (κ2) is 3.41. The molecule has 2 rings (SSSR count). The van der Waals surface area contributed by atoms with Crippen molar-refractivity contribution in [1.82, 2.24) is 9.03 Å². The molecule has 0 aromatic carbocycles. The maximum atomic E-state index is 11.7. The summed E-state index contributed by atoms with van der Waals surface area (Å²) < 4.78 is 27.6. The van der Waals surface area contributed by atoms with Crippen LogP contribution < -0.4 is 10.5 Å². The van der Waals surface area contributed by atoms with Crippen LogP contribution in [0.15, 0.2) is 0 Å². The van der Waals surface area contributed by atoms with Crippen LogP contribution in [0.4, 0.5) is 0 Å². The summed E-state index contributed by atoms with van der Waals surface area (Å²) in [5.74, 6) is 0.310. The van der Waals surface area contributed by atoms with Crippen molar-refractivity contribution >= 4 is 10.2 Å². The van der Waals surface area contributed by atoms with Crippen LogP contribution >= 0.6 is 0 Å². The van der Waals surface area contributed by atoms with Crippen molar-refractivity contribution in [3.63, 3.8) is 0 Å². The van der Waals surface area contributed by atoms with Crippen LogP contribution in [-0.4, -0.2) is 37.4 Å². The number of nitrogens with zero attached hydrogens (tertiary/aromatic N) is 1. The first kappa shape index (κ1) is 11.3. The van der Waals surface area contributed by atoms with E-state index in [1.54, 1.807) is 0 Å². The van der Waals surface area contributed by atoms with Gasteiger partial charge in [0.2, 0.25) is 0 Å². The zero-order valence-electron chi connectivity index (χ0n) is 9.23. The van der Waals surface area contributed by atoms with E-state index in [4.69, 9.17) is 5.73 Å². The van der Waals surface area contributed by atoms with Crippen molar-refractivity contribution in [2.45, 2.75) is 38.3 Å². The molecule has 1 heterocycles. The zero-order chi connectivity index (χ0) is 11.3. The highest BCUT2D eigenvalue weighted by Gasteiger charge is 2.48. The minimum atomic E-state index is -3.26. The Morgan fingerprint density at radius 2 is 1.93 bits per heavy atom. The van der Waals surface area contributed by atoms with Crippen LogP contribution in [0.25, 0.3) is 0 Å². The summed E-state index contributed by atoms with van der Waals surface area (Å²) >= 11 is 0. The summed E-state index contributed by atoms with van der Waals surface area (Å²) in [4.78, 5) is 0. The summed E-state index contributed by atoms with van der Waals surface area (Å²) in [7, 11) is -3.26. The third-order valence-corrected chi connectivity index (χ3v) is 4.89. The average Bonchev–Trinajstić information content (AvgIpc) is 2.80. The van der Waals surface area contributed by atoms with E-state index >= 15 is 0 Å². The molecule has 1 aliphatic carbocycles. The molecule has 0 amide bonds. The molecule has 0 radical (unpaired) electrons. The molecule has 1 saturated heterocycles. The van der Waals surface area contributed by atoms with Crippen LogP contribution in [0.2, 0.25) is 0 Å². The van der Waals surface area contributed by atoms with Crippen molar-refractivity contribution < 1.29 is 8.42 Å².